The maximum Gasteiger partial charge on any atom is 0.255 e. The van der Waals surface area contributed by atoms with Crippen LogP contribution in [0.3, 0.4) is 0 Å². The summed E-state index contributed by atoms with van der Waals surface area (Å²) < 4.78 is 36.6. The normalized spacial score (nSPS) is 14.7. The summed E-state index contributed by atoms with van der Waals surface area (Å²) in [5.74, 6) is -1.78. The van der Waals surface area contributed by atoms with Crippen molar-refractivity contribution in [2.75, 3.05) is 17.3 Å². The molecule has 0 fully saturated rings. The Bertz CT molecular complexity index is 1040. The van der Waals surface area contributed by atoms with Crippen LogP contribution < -0.4 is 5.32 Å². The largest absolute Gasteiger partial charge is 0.324 e. The van der Waals surface area contributed by atoms with Crippen LogP contribution in [0.4, 0.5) is 10.1 Å². The lowest BCUT2D eigenvalue weighted by atomic mass is 10.1. The van der Waals surface area contributed by atoms with Crippen LogP contribution in [-0.2, 0) is 21.2 Å². The first kappa shape index (κ1) is 20.3. The van der Waals surface area contributed by atoms with E-state index in [4.69, 9.17) is 11.6 Å². The molecule has 6 nitrogen and oxygen atoms in total. The lowest BCUT2D eigenvalue weighted by molar-refractivity contribution is -0.120. The van der Waals surface area contributed by atoms with Gasteiger partial charge in [0.25, 0.3) is 5.91 Å². The molecule has 3 rings (SSSR count). The van der Waals surface area contributed by atoms with Gasteiger partial charge in [-0.3, -0.25) is 9.59 Å². The fourth-order valence-electron chi connectivity index (χ4n) is 3.08. The van der Waals surface area contributed by atoms with Gasteiger partial charge in [-0.15, -0.1) is 0 Å². The Morgan fingerprint density at radius 2 is 2.00 bits per heavy atom. The molecule has 1 N–H and O–H groups in total. The van der Waals surface area contributed by atoms with E-state index in [0.29, 0.717) is 5.56 Å². The van der Waals surface area contributed by atoms with Crippen LogP contribution in [0.2, 0.25) is 5.02 Å². The van der Waals surface area contributed by atoms with E-state index >= 15 is 0 Å². The molecule has 9 heteroatoms. The quantitative estimate of drug-likeness (QED) is 0.772. The number of halogens is 2. The molecule has 148 valence electrons. The van der Waals surface area contributed by atoms with E-state index in [1.165, 1.54) is 17.0 Å². The molecule has 0 aromatic heterocycles. The van der Waals surface area contributed by atoms with Gasteiger partial charge in [0.15, 0.2) is 0 Å². The van der Waals surface area contributed by atoms with Gasteiger partial charge >= 0.3 is 0 Å². The summed E-state index contributed by atoms with van der Waals surface area (Å²) >= 11 is 5.74. The first-order chi connectivity index (χ1) is 13.2. The molecule has 1 aliphatic rings. The average Bonchev–Trinajstić information content (AvgIpc) is 2.94. The summed E-state index contributed by atoms with van der Waals surface area (Å²) in [5, 5.41) is 2.43. The third-order valence-corrected chi connectivity index (χ3v) is 5.74. The Morgan fingerprint density at radius 3 is 2.64 bits per heavy atom. The van der Waals surface area contributed by atoms with Gasteiger partial charge in [0.1, 0.15) is 21.7 Å². The lowest BCUT2D eigenvalue weighted by Crippen LogP contribution is -2.45. The highest BCUT2D eigenvalue weighted by molar-refractivity contribution is 7.90. The zero-order valence-electron chi connectivity index (χ0n) is 15.0. The van der Waals surface area contributed by atoms with Crippen molar-refractivity contribution in [2.45, 2.75) is 19.0 Å². The predicted molar refractivity (Wildman–Crippen MR) is 104 cm³/mol. The molecule has 1 unspecified atom stereocenters. The minimum absolute atomic E-state index is 0.0562. The molecule has 1 heterocycles. The van der Waals surface area contributed by atoms with Crippen molar-refractivity contribution < 1.29 is 22.4 Å². The van der Waals surface area contributed by atoms with Gasteiger partial charge in [0, 0.05) is 24.1 Å². The smallest absolute Gasteiger partial charge is 0.255 e. The lowest BCUT2D eigenvalue weighted by Gasteiger charge is -2.26. The van der Waals surface area contributed by atoms with E-state index in [9.17, 15) is 22.4 Å². The number of fused-ring (bicyclic) bond motifs is 1. The molecular weight excluding hydrogens is 407 g/mol. The summed E-state index contributed by atoms with van der Waals surface area (Å²) in [4.78, 5) is 27.0. The van der Waals surface area contributed by atoms with Crippen LogP contribution in [-0.4, -0.2) is 43.2 Å². The van der Waals surface area contributed by atoms with Crippen molar-refractivity contribution in [1.82, 2.24) is 4.90 Å². The number of benzene rings is 2. The highest BCUT2D eigenvalue weighted by atomic mass is 35.5. The number of anilines is 1. The minimum atomic E-state index is -3.34. The number of hydrogen-bond acceptors (Lipinski definition) is 4. The zero-order chi connectivity index (χ0) is 20.5. The molecule has 0 aliphatic carbocycles. The molecule has 1 atom stereocenters. The summed E-state index contributed by atoms with van der Waals surface area (Å²) in [5.41, 5.74) is 1.52. The summed E-state index contributed by atoms with van der Waals surface area (Å²) in [7, 11) is -3.34. The van der Waals surface area contributed by atoms with Gasteiger partial charge in [-0.1, -0.05) is 29.8 Å². The van der Waals surface area contributed by atoms with E-state index in [1.54, 1.807) is 24.3 Å². The fraction of sp³-hybridized carbons (Fsp3) is 0.263. The zero-order valence-corrected chi connectivity index (χ0v) is 16.6. The van der Waals surface area contributed by atoms with E-state index in [2.05, 4.69) is 5.32 Å². The predicted octanol–water partition coefficient (Wildman–Crippen LogP) is 2.88. The van der Waals surface area contributed by atoms with Crippen molar-refractivity contribution in [2.24, 2.45) is 0 Å². The Labute approximate surface area is 167 Å². The number of carbonyl (C=O) groups excluding carboxylic acids is 2. The molecule has 0 spiro atoms. The summed E-state index contributed by atoms with van der Waals surface area (Å²) in [6.45, 7) is 0.209. The maximum atomic E-state index is 13.3. The van der Waals surface area contributed by atoms with E-state index in [0.717, 1.165) is 17.9 Å². The number of rotatable bonds is 6. The Balaban J connectivity index is 1.85. The van der Waals surface area contributed by atoms with Gasteiger partial charge in [0.2, 0.25) is 5.91 Å². The van der Waals surface area contributed by atoms with Crippen LogP contribution >= 0.6 is 11.6 Å². The van der Waals surface area contributed by atoms with E-state index in [1.807, 2.05) is 0 Å². The molecule has 0 bridgehead atoms. The third-order valence-electron chi connectivity index (χ3n) is 4.48. The fourth-order valence-corrected chi connectivity index (χ4v) is 3.91. The topological polar surface area (TPSA) is 83.6 Å². The average molecular weight is 425 g/mol. The molecular formula is C19H18ClFN2O4S. The molecule has 28 heavy (non-hydrogen) atoms. The summed E-state index contributed by atoms with van der Waals surface area (Å²) in [6, 6.07) is 9.69. The molecule has 0 saturated heterocycles. The van der Waals surface area contributed by atoms with Crippen molar-refractivity contribution in [3.63, 3.8) is 0 Å². The van der Waals surface area contributed by atoms with Crippen molar-refractivity contribution in [3.05, 3.63) is 64.4 Å². The van der Waals surface area contributed by atoms with Gasteiger partial charge in [0.05, 0.1) is 10.8 Å². The third kappa shape index (κ3) is 4.51. The molecule has 2 aromatic carbocycles. The first-order valence-electron chi connectivity index (χ1n) is 8.48. The highest BCUT2D eigenvalue weighted by Crippen LogP contribution is 2.27. The van der Waals surface area contributed by atoms with Crippen LogP contribution in [0, 0.1) is 5.82 Å². The second-order valence-electron chi connectivity index (χ2n) is 6.64. The number of nitrogens with zero attached hydrogens (tertiary/aromatic N) is 1. The molecule has 2 aromatic rings. The second-order valence-corrected chi connectivity index (χ2v) is 9.31. The number of hydrogen-bond donors (Lipinski definition) is 1. The monoisotopic (exact) mass is 424 g/mol. The Kier molecular flexibility index (Phi) is 5.71. The number of nitrogens with one attached hydrogen (secondary N) is 1. The SMILES string of the molecule is CS(=O)(=O)CCC(C(=O)Nc1ccc(F)c(Cl)c1)N1Cc2ccccc2C1=O. The Hall–Kier alpha value is -2.45. The van der Waals surface area contributed by atoms with Crippen LogP contribution in [0.1, 0.15) is 22.3 Å². The van der Waals surface area contributed by atoms with Gasteiger partial charge in [-0.2, -0.15) is 0 Å². The van der Waals surface area contributed by atoms with Crippen molar-refractivity contribution in [3.8, 4) is 0 Å². The molecule has 0 radical (unpaired) electrons. The van der Waals surface area contributed by atoms with Crippen LogP contribution in [0.5, 0.6) is 0 Å². The first-order valence-corrected chi connectivity index (χ1v) is 10.9. The minimum Gasteiger partial charge on any atom is -0.324 e. The number of sulfone groups is 1. The highest BCUT2D eigenvalue weighted by Gasteiger charge is 2.36. The van der Waals surface area contributed by atoms with Crippen molar-refractivity contribution in [1.29, 1.82) is 0 Å². The molecule has 2 amide bonds. The summed E-state index contributed by atoms with van der Waals surface area (Å²) in [6.07, 6.45) is 1.02. The number of amides is 2. The van der Waals surface area contributed by atoms with Crippen molar-refractivity contribution >= 4 is 38.9 Å². The van der Waals surface area contributed by atoms with Gasteiger partial charge in [-0.25, -0.2) is 12.8 Å². The molecule has 1 aliphatic heterocycles. The maximum absolute atomic E-state index is 13.3. The standard InChI is InChI=1S/C19H18ClFN2O4S/c1-28(26,27)9-8-17(18(24)22-13-6-7-16(21)15(20)10-13)23-11-12-4-2-3-5-14(12)19(23)25/h2-7,10,17H,8-9,11H2,1H3,(H,22,24). The van der Waals surface area contributed by atoms with Gasteiger partial charge in [-0.05, 0) is 36.2 Å². The second kappa shape index (κ2) is 7.89. The van der Waals surface area contributed by atoms with Gasteiger partial charge < -0.3 is 10.2 Å². The van der Waals surface area contributed by atoms with Crippen LogP contribution in [0.25, 0.3) is 0 Å². The van der Waals surface area contributed by atoms with E-state index in [-0.39, 0.29) is 35.3 Å². The number of carbonyl (C=O) groups is 2. The Morgan fingerprint density at radius 1 is 1.29 bits per heavy atom. The van der Waals surface area contributed by atoms with E-state index < -0.39 is 27.6 Å². The van der Waals surface area contributed by atoms with Crippen LogP contribution in [0.15, 0.2) is 42.5 Å². The molecule has 0 saturated carbocycles.